The second-order valence-electron chi connectivity index (χ2n) is 8.18. The van der Waals surface area contributed by atoms with E-state index >= 15 is 0 Å². The number of rotatable bonds is 4. The Morgan fingerprint density at radius 3 is 1.97 bits per heavy atom. The molecule has 8 heteroatoms. The number of fused-ring (bicyclic) bond motifs is 2. The van der Waals surface area contributed by atoms with Gasteiger partial charge in [0.15, 0.2) is 5.75 Å². The molecule has 2 heterocycles. The number of halogens is 1. The topological polar surface area (TPSA) is 81.7 Å². The molecule has 5 aromatic rings. The van der Waals surface area contributed by atoms with E-state index in [2.05, 4.69) is 40.3 Å². The first kappa shape index (κ1) is 19.5. The number of hydrogen-bond acceptors (Lipinski definition) is 5. The minimum atomic E-state index is -0.0517. The van der Waals surface area contributed by atoms with Crippen LogP contribution in [0.5, 0.6) is 5.75 Å². The van der Waals surface area contributed by atoms with Crippen LogP contribution in [-0.2, 0) is 6.42 Å². The standard InChI is InChI=1S/C23H21ClN6O/c1-13(2)8-15-5-7-18-20(10-15)28-30(26-18)22-12-16(24)11-21(23(22)31)29-25-17-6-4-14(3)9-19(17)27-29/h4-7,9-13,31H,8H2,1-3H3. The van der Waals surface area contributed by atoms with E-state index in [1.54, 1.807) is 12.1 Å². The van der Waals surface area contributed by atoms with Crippen LogP contribution >= 0.6 is 11.6 Å². The van der Waals surface area contributed by atoms with E-state index in [4.69, 9.17) is 11.6 Å². The van der Waals surface area contributed by atoms with Gasteiger partial charge in [0, 0.05) is 5.02 Å². The van der Waals surface area contributed by atoms with Crippen molar-refractivity contribution >= 4 is 33.7 Å². The largest absolute Gasteiger partial charge is 0.504 e. The molecule has 0 aliphatic heterocycles. The smallest absolute Gasteiger partial charge is 0.171 e. The van der Waals surface area contributed by atoms with E-state index in [0.29, 0.717) is 22.3 Å². The van der Waals surface area contributed by atoms with E-state index < -0.39 is 0 Å². The summed E-state index contributed by atoms with van der Waals surface area (Å²) in [5.74, 6) is 0.497. The number of aromatic hydroxyl groups is 1. The van der Waals surface area contributed by atoms with Crippen molar-refractivity contribution < 1.29 is 5.11 Å². The maximum absolute atomic E-state index is 11.0. The third-order valence-corrected chi connectivity index (χ3v) is 5.31. The molecule has 0 bridgehead atoms. The summed E-state index contributed by atoms with van der Waals surface area (Å²) in [6, 6.07) is 15.1. The summed E-state index contributed by atoms with van der Waals surface area (Å²) < 4.78 is 0. The summed E-state index contributed by atoms with van der Waals surface area (Å²) in [6.07, 6.45) is 0.966. The number of phenols is 1. The summed E-state index contributed by atoms with van der Waals surface area (Å²) in [5, 5.41) is 29.5. The Kier molecular flexibility index (Phi) is 4.63. The van der Waals surface area contributed by atoms with Crippen molar-refractivity contribution in [2.24, 2.45) is 5.92 Å². The van der Waals surface area contributed by atoms with Gasteiger partial charge in [0.2, 0.25) is 0 Å². The molecule has 0 saturated carbocycles. The van der Waals surface area contributed by atoms with Crippen molar-refractivity contribution in [1.29, 1.82) is 0 Å². The number of benzene rings is 3. The molecule has 0 aliphatic rings. The fourth-order valence-electron chi connectivity index (χ4n) is 3.67. The number of nitrogens with zero attached hydrogens (tertiary/aromatic N) is 6. The zero-order valence-corrected chi connectivity index (χ0v) is 18.2. The highest BCUT2D eigenvalue weighted by molar-refractivity contribution is 6.31. The Labute approximate surface area is 183 Å². The van der Waals surface area contributed by atoms with Crippen molar-refractivity contribution in [3.8, 4) is 17.1 Å². The molecule has 0 unspecified atom stereocenters. The Balaban J connectivity index is 1.62. The average Bonchev–Trinajstić information content (AvgIpc) is 3.32. The van der Waals surface area contributed by atoms with E-state index in [9.17, 15) is 5.11 Å². The summed E-state index contributed by atoms with van der Waals surface area (Å²) in [7, 11) is 0. The predicted molar refractivity (Wildman–Crippen MR) is 121 cm³/mol. The summed E-state index contributed by atoms with van der Waals surface area (Å²) >= 11 is 6.38. The van der Waals surface area contributed by atoms with Crippen LogP contribution in [0.2, 0.25) is 5.02 Å². The zero-order chi connectivity index (χ0) is 21.7. The number of hydrogen-bond donors (Lipinski definition) is 1. The number of phenolic OH excluding ortho intramolecular Hbond substituents is 1. The first-order valence-corrected chi connectivity index (χ1v) is 10.5. The molecule has 2 aromatic heterocycles. The third kappa shape index (κ3) is 3.61. The highest BCUT2D eigenvalue weighted by Crippen LogP contribution is 2.33. The van der Waals surface area contributed by atoms with Gasteiger partial charge in [-0.2, -0.15) is 0 Å². The first-order chi connectivity index (χ1) is 14.9. The Bertz CT molecular complexity index is 1440. The molecule has 0 spiro atoms. The molecule has 7 nitrogen and oxygen atoms in total. The van der Waals surface area contributed by atoms with Crippen LogP contribution < -0.4 is 0 Å². The molecule has 3 aromatic carbocycles. The molecule has 156 valence electrons. The van der Waals surface area contributed by atoms with Gasteiger partial charge in [-0.1, -0.05) is 37.6 Å². The Morgan fingerprint density at radius 2 is 1.35 bits per heavy atom. The predicted octanol–water partition coefficient (Wildman–Crippen LogP) is 5.02. The van der Waals surface area contributed by atoms with Crippen LogP contribution in [0.4, 0.5) is 0 Å². The maximum Gasteiger partial charge on any atom is 0.171 e. The SMILES string of the molecule is Cc1ccc2nn(-c3cc(Cl)cc(-n4nc5ccc(CC(C)C)cc5n4)c3O)nc2c1. The van der Waals surface area contributed by atoms with E-state index in [1.165, 1.54) is 15.2 Å². The fourth-order valence-corrected chi connectivity index (χ4v) is 3.88. The van der Waals surface area contributed by atoms with Gasteiger partial charge in [-0.05, 0) is 66.8 Å². The molecule has 0 radical (unpaired) electrons. The Hall–Kier alpha value is -3.45. The van der Waals surface area contributed by atoms with Gasteiger partial charge in [-0.15, -0.1) is 30.0 Å². The zero-order valence-electron chi connectivity index (χ0n) is 17.4. The van der Waals surface area contributed by atoms with Gasteiger partial charge in [0.1, 0.15) is 33.4 Å². The lowest BCUT2D eigenvalue weighted by Gasteiger charge is -2.09. The first-order valence-electron chi connectivity index (χ1n) is 10.1. The van der Waals surface area contributed by atoms with Gasteiger partial charge in [-0.25, -0.2) is 0 Å². The molecule has 0 amide bonds. The molecular formula is C23H21ClN6O. The van der Waals surface area contributed by atoms with Gasteiger partial charge < -0.3 is 5.11 Å². The normalized spacial score (nSPS) is 11.8. The monoisotopic (exact) mass is 432 g/mol. The van der Waals surface area contributed by atoms with Crippen molar-refractivity contribution in [2.75, 3.05) is 0 Å². The molecule has 0 saturated heterocycles. The lowest BCUT2D eigenvalue weighted by Crippen LogP contribution is -2.04. The van der Waals surface area contributed by atoms with Crippen LogP contribution in [0.25, 0.3) is 33.4 Å². The summed E-state index contributed by atoms with van der Waals surface area (Å²) in [4.78, 5) is 2.79. The molecular weight excluding hydrogens is 412 g/mol. The summed E-state index contributed by atoms with van der Waals surface area (Å²) in [5.41, 5.74) is 5.98. The lowest BCUT2D eigenvalue weighted by molar-refractivity contribution is 0.460. The van der Waals surface area contributed by atoms with Gasteiger partial charge in [0.25, 0.3) is 0 Å². The minimum Gasteiger partial charge on any atom is -0.504 e. The van der Waals surface area contributed by atoms with E-state index in [-0.39, 0.29) is 5.75 Å². The van der Waals surface area contributed by atoms with Gasteiger partial charge in [-0.3, -0.25) is 0 Å². The number of aromatic nitrogens is 6. The molecule has 0 fully saturated rings. The van der Waals surface area contributed by atoms with Crippen LogP contribution in [-0.4, -0.2) is 35.1 Å². The van der Waals surface area contributed by atoms with Crippen LogP contribution in [0, 0.1) is 12.8 Å². The highest BCUT2D eigenvalue weighted by Gasteiger charge is 2.18. The third-order valence-electron chi connectivity index (χ3n) is 5.09. The molecule has 0 atom stereocenters. The van der Waals surface area contributed by atoms with Gasteiger partial charge in [0.05, 0.1) is 0 Å². The lowest BCUT2D eigenvalue weighted by atomic mass is 10.0. The van der Waals surface area contributed by atoms with Crippen molar-refractivity contribution in [3.05, 3.63) is 64.7 Å². The molecule has 1 N–H and O–H groups in total. The average molecular weight is 433 g/mol. The van der Waals surface area contributed by atoms with Gasteiger partial charge >= 0.3 is 0 Å². The highest BCUT2D eigenvalue weighted by atomic mass is 35.5. The van der Waals surface area contributed by atoms with Crippen LogP contribution in [0.15, 0.2) is 48.5 Å². The second kappa shape index (κ2) is 7.35. The molecule has 5 rings (SSSR count). The maximum atomic E-state index is 11.0. The van der Waals surface area contributed by atoms with E-state index in [1.807, 2.05) is 37.3 Å². The van der Waals surface area contributed by atoms with Crippen LogP contribution in [0.1, 0.15) is 25.0 Å². The van der Waals surface area contributed by atoms with Crippen LogP contribution in [0.3, 0.4) is 0 Å². The van der Waals surface area contributed by atoms with Crippen molar-refractivity contribution in [1.82, 2.24) is 30.0 Å². The molecule has 31 heavy (non-hydrogen) atoms. The quantitative estimate of drug-likeness (QED) is 0.431. The minimum absolute atomic E-state index is 0.0517. The van der Waals surface area contributed by atoms with E-state index in [0.717, 1.165) is 34.1 Å². The fraction of sp³-hybridized carbons (Fsp3) is 0.217. The summed E-state index contributed by atoms with van der Waals surface area (Å²) in [6.45, 7) is 6.36. The second-order valence-corrected chi connectivity index (χ2v) is 8.62. The molecule has 0 aliphatic carbocycles. The number of aryl methyl sites for hydroxylation is 1. The van der Waals surface area contributed by atoms with Crippen molar-refractivity contribution in [2.45, 2.75) is 27.2 Å². The Morgan fingerprint density at radius 1 is 0.806 bits per heavy atom. The van der Waals surface area contributed by atoms with Crippen molar-refractivity contribution in [3.63, 3.8) is 0 Å².